The Balaban J connectivity index is 1.61. The maximum absolute atomic E-state index is 13.5. The van der Waals surface area contributed by atoms with Gasteiger partial charge in [0, 0.05) is 34.5 Å². The van der Waals surface area contributed by atoms with Crippen molar-refractivity contribution >= 4 is 55.3 Å². The third kappa shape index (κ3) is 5.56. The maximum atomic E-state index is 13.5. The summed E-state index contributed by atoms with van der Waals surface area (Å²) in [6.07, 6.45) is -1.75. The molecule has 202 valence electrons. The maximum Gasteiger partial charge on any atom is 0.295 e. The minimum atomic E-state index is -3.70. The van der Waals surface area contributed by atoms with Crippen molar-refractivity contribution in [3.8, 4) is 10.6 Å². The summed E-state index contributed by atoms with van der Waals surface area (Å²) >= 11 is 1.47. The molecule has 0 spiro atoms. The molecule has 0 saturated carbocycles. The van der Waals surface area contributed by atoms with Gasteiger partial charge >= 0.3 is 0 Å². The van der Waals surface area contributed by atoms with E-state index in [0.717, 1.165) is 22.5 Å². The van der Waals surface area contributed by atoms with Gasteiger partial charge < -0.3 is 15.6 Å². The normalized spacial score (nSPS) is 11.9. The van der Waals surface area contributed by atoms with Crippen LogP contribution in [0.4, 0.5) is 31.8 Å². The number of aromatic amines is 1. The Morgan fingerprint density at radius 1 is 0.897 bits per heavy atom. The number of H-pyrrole nitrogens is 1. The quantitative estimate of drug-likeness (QED) is 0.217. The fourth-order valence-electron chi connectivity index (χ4n) is 3.99. The van der Waals surface area contributed by atoms with Crippen LogP contribution in [0.15, 0.2) is 35.2 Å². The first-order valence-electron chi connectivity index (χ1n) is 11.7. The van der Waals surface area contributed by atoms with Crippen molar-refractivity contribution in [3.05, 3.63) is 58.2 Å². The molecule has 0 radical (unpaired) electrons. The van der Waals surface area contributed by atoms with Crippen LogP contribution in [0.25, 0.3) is 21.7 Å². The number of thiazole rings is 1. The van der Waals surface area contributed by atoms with Crippen LogP contribution in [0, 0.1) is 27.7 Å². The molecule has 3 N–H and O–H groups in total. The predicted molar refractivity (Wildman–Crippen MR) is 147 cm³/mol. The van der Waals surface area contributed by atoms with Crippen molar-refractivity contribution in [1.82, 2.24) is 29.9 Å². The number of fused-ring (bicyclic) bond motifs is 1. The van der Waals surface area contributed by atoms with E-state index in [0.29, 0.717) is 22.2 Å². The lowest BCUT2D eigenvalue weighted by Crippen LogP contribution is -2.05. The van der Waals surface area contributed by atoms with Gasteiger partial charge in [0.15, 0.2) is 21.3 Å². The van der Waals surface area contributed by atoms with Crippen LogP contribution < -0.4 is 10.6 Å². The van der Waals surface area contributed by atoms with Gasteiger partial charge in [0.05, 0.1) is 22.0 Å². The minimum Gasteiger partial charge on any atom is -0.352 e. The molecule has 0 aliphatic rings. The van der Waals surface area contributed by atoms with Crippen LogP contribution in [0.5, 0.6) is 0 Å². The molecule has 0 aliphatic carbocycles. The first-order chi connectivity index (χ1) is 18.4. The van der Waals surface area contributed by atoms with E-state index >= 15 is 0 Å². The summed E-state index contributed by atoms with van der Waals surface area (Å²) in [4.78, 5) is 25.1. The molecule has 4 heterocycles. The second-order valence-electron chi connectivity index (χ2n) is 9.01. The lowest BCUT2D eigenvalue weighted by molar-refractivity contribution is 0.142. The zero-order chi connectivity index (χ0) is 28.1. The van der Waals surface area contributed by atoms with E-state index in [1.54, 1.807) is 37.3 Å². The van der Waals surface area contributed by atoms with E-state index in [2.05, 4.69) is 40.5 Å². The van der Waals surface area contributed by atoms with Gasteiger partial charge in [0.2, 0.25) is 0 Å². The summed E-state index contributed by atoms with van der Waals surface area (Å²) in [6.45, 7) is 7.41. The number of halogens is 2. The van der Waals surface area contributed by atoms with Gasteiger partial charge in [-0.15, -0.1) is 11.3 Å². The van der Waals surface area contributed by atoms with Gasteiger partial charge in [0.1, 0.15) is 28.0 Å². The number of hydrogen-bond acceptors (Lipinski definition) is 10. The molecule has 0 bridgehead atoms. The Morgan fingerprint density at radius 2 is 1.64 bits per heavy atom. The molecule has 1 aromatic carbocycles. The summed E-state index contributed by atoms with van der Waals surface area (Å²) in [5, 5.41) is 6.84. The fourth-order valence-corrected chi connectivity index (χ4v) is 5.76. The molecular weight excluding hydrogens is 546 g/mol. The van der Waals surface area contributed by atoms with Crippen molar-refractivity contribution < 1.29 is 17.2 Å². The van der Waals surface area contributed by atoms with Crippen molar-refractivity contribution in [2.75, 3.05) is 16.9 Å². The summed E-state index contributed by atoms with van der Waals surface area (Å²) < 4.78 is 52.6. The molecule has 0 amide bonds. The van der Waals surface area contributed by atoms with Crippen LogP contribution in [-0.2, 0) is 9.84 Å². The van der Waals surface area contributed by atoms with E-state index < -0.39 is 22.1 Å². The largest absolute Gasteiger partial charge is 0.352 e. The summed E-state index contributed by atoms with van der Waals surface area (Å²) in [6, 6.07) is 8.20. The molecule has 0 saturated heterocycles. The van der Waals surface area contributed by atoms with Crippen molar-refractivity contribution in [1.29, 1.82) is 0 Å². The van der Waals surface area contributed by atoms with E-state index in [-0.39, 0.29) is 33.3 Å². The molecule has 5 aromatic rings. The second kappa shape index (κ2) is 9.93. The molecule has 14 heteroatoms. The van der Waals surface area contributed by atoms with Gasteiger partial charge in [-0.25, -0.2) is 42.1 Å². The number of alkyl halides is 2. The van der Waals surface area contributed by atoms with Crippen molar-refractivity contribution in [3.63, 3.8) is 0 Å². The molecule has 0 unspecified atom stereocenters. The number of imidazole rings is 1. The monoisotopic (exact) mass is 570 g/mol. The highest BCUT2D eigenvalue weighted by Crippen LogP contribution is 2.36. The number of pyridine rings is 1. The van der Waals surface area contributed by atoms with Crippen molar-refractivity contribution in [2.24, 2.45) is 0 Å². The smallest absolute Gasteiger partial charge is 0.295 e. The number of hydrogen-bond donors (Lipinski definition) is 3. The zero-order valence-electron chi connectivity index (χ0n) is 21.6. The lowest BCUT2D eigenvalue weighted by Gasteiger charge is -2.14. The molecule has 0 fully saturated rings. The predicted octanol–water partition coefficient (Wildman–Crippen LogP) is 5.93. The van der Waals surface area contributed by atoms with Crippen LogP contribution in [-0.4, -0.2) is 44.6 Å². The lowest BCUT2D eigenvalue weighted by atomic mass is 10.2. The Kier molecular flexibility index (Phi) is 6.76. The van der Waals surface area contributed by atoms with Crippen LogP contribution in [0.2, 0.25) is 0 Å². The topological polar surface area (TPSA) is 138 Å². The average Bonchev–Trinajstić information content (AvgIpc) is 3.41. The Morgan fingerprint density at radius 3 is 2.28 bits per heavy atom. The number of aromatic nitrogens is 6. The standard InChI is InChI=1S/C25H24F2N8O2S2/c1-11-8-19(30-14(4)28-11)32-20-10-17(21-23(33-20)35-24(34-21)22(26)27)31-16-7-6-15(9-18(16)39(5,36)37)25-29-12(2)13(3)38-25/h6-10,22H,1-5H3,(H3,28,30,31,32,33,34,35). The van der Waals surface area contributed by atoms with Gasteiger partial charge in [-0.1, -0.05) is 0 Å². The highest BCUT2D eigenvalue weighted by atomic mass is 32.2. The molecule has 10 nitrogen and oxygen atoms in total. The number of aryl methyl sites for hydroxylation is 4. The number of sulfone groups is 1. The summed E-state index contributed by atoms with van der Waals surface area (Å²) in [5.41, 5.74) is 2.99. The first-order valence-corrected chi connectivity index (χ1v) is 14.4. The summed E-state index contributed by atoms with van der Waals surface area (Å²) in [7, 11) is -3.70. The number of rotatable bonds is 7. The van der Waals surface area contributed by atoms with E-state index in [1.165, 1.54) is 11.3 Å². The van der Waals surface area contributed by atoms with E-state index in [9.17, 15) is 17.2 Å². The number of anilines is 4. The van der Waals surface area contributed by atoms with Crippen LogP contribution >= 0.6 is 11.3 Å². The number of nitrogens with one attached hydrogen (secondary N) is 3. The van der Waals surface area contributed by atoms with E-state index in [4.69, 9.17) is 0 Å². The first kappa shape index (κ1) is 26.6. The SMILES string of the molecule is Cc1cc(Nc2cc(Nc3ccc(-c4nc(C)c(C)s4)cc3S(C)(=O)=O)c3nc(C(F)F)[nH]c3n2)nc(C)n1. The molecule has 4 aromatic heterocycles. The van der Waals surface area contributed by atoms with Gasteiger partial charge in [-0.2, -0.15) is 0 Å². The third-order valence-electron chi connectivity index (χ3n) is 5.83. The average molecular weight is 571 g/mol. The summed E-state index contributed by atoms with van der Waals surface area (Å²) in [5.74, 6) is 0.724. The zero-order valence-corrected chi connectivity index (χ0v) is 23.2. The third-order valence-corrected chi connectivity index (χ3v) is 8.08. The highest BCUT2D eigenvalue weighted by Gasteiger charge is 2.21. The molecule has 39 heavy (non-hydrogen) atoms. The Hall–Kier alpha value is -4.04. The van der Waals surface area contributed by atoms with Crippen molar-refractivity contribution in [2.45, 2.75) is 39.0 Å². The number of nitrogens with zero attached hydrogens (tertiary/aromatic N) is 5. The van der Waals surface area contributed by atoms with Gasteiger partial charge in [-0.05, 0) is 45.9 Å². The van der Waals surface area contributed by atoms with Crippen LogP contribution in [0.1, 0.15) is 34.3 Å². The minimum absolute atomic E-state index is 0.0247. The second-order valence-corrected chi connectivity index (χ2v) is 12.2. The molecule has 5 rings (SSSR count). The molecular formula is C25H24F2N8O2S2. The molecule has 0 aliphatic heterocycles. The van der Waals surface area contributed by atoms with Gasteiger partial charge in [-0.3, -0.25) is 0 Å². The molecule has 0 atom stereocenters. The highest BCUT2D eigenvalue weighted by molar-refractivity contribution is 7.90. The number of benzene rings is 1. The van der Waals surface area contributed by atoms with E-state index in [1.807, 2.05) is 20.8 Å². The Labute approximate surface area is 226 Å². The Bertz CT molecular complexity index is 1790. The van der Waals surface area contributed by atoms with Gasteiger partial charge in [0.25, 0.3) is 6.43 Å². The van der Waals surface area contributed by atoms with Crippen LogP contribution in [0.3, 0.4) is 0 Å². The fraction of sp³-hybridized carbons (Fsp3) is 0.240.